The molecule has 1 heterocycles. The van der Waals surface area contributed by atoms with E-state index >= 15 is 0 Å². The molecule has 1 aliphatic heterocycles. The summed E-state index contributed by atoms with van der Waals surface area (Å²) in [6.45, 7) is 2.21. The average molecular weight is 428 g/mol. The molecule has 0 saturated carbocycles. The monoisotopic (exact) mass is 427 g/mol. The molecule has 0 radical (unpaired) electrons. The van der Waals surface area contributed by atoms with Crippen LogP contribution in [-0.2, 0) is 14.3 Å². The number of thioether (sulfide) groups is 1. The number of hydrogen-bond donors (Lipinski definition) is 2. The number of phenolic OH excluding ortho intramolecular Hbond substituents is 1. The second-order valence-electron chi connectivity index (χ2n) is 4.51. The van der Waals surface area contributed by atoms with Crippen LogP contribution in [0.1, 0.15) is 12.5 Å². The van der Waals surface area contributed by atoms with Crippen LogP contribution in [-0.4, -0.2) is 42.1 Å². The van der Waals surface area contributed by atoms with E-state index in [1.165, 1.54) is 19.4 Å². The van der Waals surface area contributed by atoms with Crippen molar-refractivity contribution in [2.24, 2.45) is 10.2 Å². The lowest BCUT2D eigenvalue weighted by atomic mass is 10.2. The summed E-state index contributed by atoms with van der Waals surface area (Å²) in [6.07, 6.45) is 2.52. The molecule has 2 N–H and O–H groups in total. The van der Waals surface area contributed by atoms with Crippen molar-refractivity contribution < 1.29 is 24.2 Å². The summed E-state index contributed by atoms with van der Waals surface area (Å²) in [4.78, 5) is 23.0. The van der Waals surface area contributed by atoms with Crippen molar-refractivity contribution in [2.45, 2.75) is 6.92 Å². The van der Waals surface area contributed by atoms with E-state index in [4.69, 9.17) is 4.74 Å². The van der Waals surface area contributed by atoms with Gasteiger partial charge in [0.25, 0.3) is 5.91 Å². The number of ether oxygens (including phenoxy) is 2. The minimum Gasteiger partial charge on any atom is -0.504 e. The zero-order chi connectivity index (χ0) is 18.4. The Labute approximate surface area is 156 Å². The molecule has 1 aromatic carbocycles. The lowest BCUT2D eigenvalue weighted by molar-refractivity contribution is -0.135. The van der Waals surface area contributed by atoms with E-state index in [2.05, 4.69) is 36.2 Å². The van der Waals surface area contributed by atoms with Crippen molar-refractivity contribution in [3.05, 3.63) is 33.2 Å². The highest BCUT2D eigenvalue weighted by Crippen LogP contribution is 2.32. The van der Waals surface area contributed by atoms with Crippen molar-refractivity contribution in [3.63, 3.8) is 0 Å². The zero-order valence-corrected chi connectivity index (χ0v) is 15.7. The molecule has 2 rings (SSSR count). The van der Waals surface area contributed by atoms with E-state index in [1.807, 2.05) is 0 Å². The van der Waals surface area contributed by atoms with Gasteiger partial charge in [-0.1, -0.05) is 0 Å². The lowest BCUT2D eigenvalue weighted by Gasteiger charge is -2.07. The van der Waals surface area contributed by atoms with E-state index in [0.717, 1.165) is 17.8 Å². The van der Waals surface area contributed by atoms with Gasteiger partial charge in [-0.25, -0.2) is 4.79 Å². The number of carbonyl (C=O) groups excluding carboxylic acids is 2. The second kappa shape index (κ2) is 8.67. The molecule has 0 unspecified atom stereocenters. The van der Waals surface area contributed by atoms with Gasteiger partial charge in [0.15, 0.2) is 16.7 Å². The number of amides is 1. The third kappa shape index (κ3) is 5.07. The van der Waals surface area contributed by atoms with Crippen LogP contribution in [0.25, 0.3) is 0 Å². The Kier molecular flexibility index (Phi) is 6.59. The van der Waals surface area contributed by atoms with E-state index < -0.39 is 11.9 Å². The summed E-state index contributed by atoms with van der Waals surface area (Å²) in [5, 5.41) is 20.3. The first kappa shape index (κ1) is 19.0. The Morgan fingerprint density at radius 1 is 1.48 bits per heavy atom. The zero-order valence-electron chi connectivity index (χ0n) is 13.3. The summed E-state index contributed by atoms with van der Waals surface area (Å²) < 4.78 is 10.4. The van der Waals surface area contributed by atoms with E-state index in [0.29, 0.717) is 22.4 Å². The quantitative estimate of drug-likeness (QED) is 0.322. The molecule has 0 spiro atoms. The van der Waals surface area contributed by atoms with E-state index in [9.17, 15) is 14.7 Å². The molecule has 0 bridgehead atoms. The summed E-state index contributed by atoms with van der Waals surface area (Å²) in [7, 11) is 1.22. The molecule has 25 heavy (non-hydrogen) atoms. The maximum atomic E-state index is 11.7. The molecule has 1 saturated heterocycles. The summed E-state index contributed by atoms with van der Waals surface area (Å²) in [5.41, 5.74) is 0.630. The highest BCUT2D eigenvalue weighted by atomic mass is 79.9. The van der Waals surface area contributed by atoms with Gasteiger partial charge in [-0.2, -0.15) is 5.10 Å². The molecule has 0 aromatic heterocycles. The maximum absolute atomic E-state index is 11.7. The number of carbonyl (C=O) groups is 2. The van der Waals surface area contributed by atoms with Crippen molar-refractivity contribution in [2.75, 3.05) is 13.7 Å². The fourth-order valence-electron chi connectivity index (χ4n) is 1.71. The fraction of sp³-hybridized carbons (Fsp3) is 0.200. The van der Waals surface area contributed by atoms with Crippen LogP contribution < -0.4 is 10.1 Å². The molecular weight excluding hydrogens is 414 g/mol. The van der Waals surface area contributed by atoms with Gasteiger partial charge < -0.3 is 14.6 Å². The number of esters is 1. The Morgan fingerprint density at radius 3 is 2.92 bits per heavy atom. The lowest BCUT2D eigenvalue weighted by Crippen LogP contribution is -2.19. The van der Waals surface area contributed by atoms with Gasteiger partial charge in [-0.3, -0.25) is 10.1 Å². The molecular formula is C15H14BrN3O5S. The Balaban J connectivity index is 2.14. The molecule has 10 heteroatoms. The highest BCUT2D eigenvalue weighted by molar-refractivity contribution is 9.10. The Morgan fingerprint density at radius 2 is 2.24 bits per heavy atom. The van der Waals surface area contributed by atoms with Gasteiger partial charge in [0.1, 0.15) is 0 Å². The van der Waals surface area contributed by atoms with Gasteiger partial charge in [0.05, 0.1) is 24.8 Å². The van der Waals surface area contributed by atoms with Gasteiger partial charge in [-0.15, -0.1) is 5.10 Å². The SMILES string of the molecule is CCOc1cc(C=N/N=C2/NC(=O)/C(=C\C(=O)OC)S2)c(Br)cc1O. The molecule has 132 valence electrons. The molecule has 1 fully saturated rings. The average Bonchev–Trinajstić information content (AvgIpc) is 2.91. The first-order valence-corrected chi connectivity index (χ1v) is 8.60. The molecule has 1 amide bonds. The summed E-state index contributed by atoms with van der Waals surface area (Å²) in [6, 6.07) is 3.10. The summed E-state index contributed by atoms with van der Waals surface area (Å²) >= 11 is 4.28. The van der Waals surface area contributed by atoms with Crippen LogP contribution in [0.5, 0.6) is 11.5 Å². The number of halogens is 1. The van der Waals surface area contributed by atoms with Crippen LogP contribution in [0.15, 0.2) is 37.8 Å². The largest absolute Gasteiger partial charge is 0.504 e. The number of hydrogen-bond acceptors (Lipinski definition) is 8. The van der Waals surface area contributed by atoms with Crippen molar-refractivity contribution >= 4 is 51.0 Å². The van der Waals surface area contributed by atoms with Crippen LogP contribution in [0.4, 0.5) is 0 Å². The minimum absolute atomic E-state index is 0.00777. The number of methoxy groups -OCH3 is 1. The number of rotatable bonds is 5. The number of amidine groups is 1. The first-order valence-electron chi connectivity index (χ1n) is 6.99. The van der Waals surface area contributed by atoms with Crippen LogP contribution in [0.2, 0.25) is 0 Å². The van der Waals surface area contributed by atoms with Crippen LogP contribution in [0.3, 0.4) is 0 Å². The standard InChI is InChI=1S/C15H14BrN3O5S/c1-3-24-11-4-8(9(16)5-10(11)20)7-17-19-15-18-14(22)12(25-15)6-13(21)23-2/h4-7,20H,3H2,1-2H3,(H,18,19,22)/b12-6+,17-7?. The molecule has 1 aliphatic rings. The van der Waals surface area contributed by atoms with Crippen molar-refractivity contribution in [1.29, 1.82) is 0 Å². The number of nitrogens with zero attached hydrogens (tertiary/aromatic N) is 2. The third-order valence-corrected chi connectivity index (χ3v) is 4.41. The Hall–Kier alpha value is -2.33. The topological polar surface area (TPSA) is 110 Å². The minimum atomic E-state index is -0.626. The fourth-order valence-corrected chi connectivity index (χ4v) is 2.89. The van der Waals surface area contributed by atoms with Gasteiger partial charge in [-0.05, 0) is 46.7 Å². The van der Waals surface area contributed by atoms with E-state index in [1.54, 1.807) is 13.0 Å². The molecule has 0 atom stereocenters. The molecule has 8 nitrogen and oxygen atoms in total. The maximum Gasteiger partial charge on any atom is 0.331 e. The number of phenols is 1. The number of benzene rings is 1. The molecule has 1 aromatic rings. The van der Waals surface area contributed by atoms with Crippen LogP contribution >= 0.6 is 27.7 Å². The third-order valence-electron chi connectivity index (χ3n) is 2.82. The first-order chi connectivity index (χ1) is 11.9. The van der Waals surface area contributed by atoms with Crippen molar-refractivity contribution in [3.8, 4) is 11.5 Å². The highest BCUT2D eigenvalue weighted by Gasteiger charge is 2.25. The van der Waals surface area contributed by atoms with E-state index in [-0.39, 0.29) is 15.8 Å². The normalized spacial score (nSPS) is 17.3. The van der Waals surface area contributed by atoms with Crippen molar-refractivity contribution in [1.82, 2.24) is 5.32 Å². The van der Waals surface area contributed by atoms with Gasteiger partial charge in [0.2, 0.25) is 0 Å². The molecule has 0 aliphatic carbocycles. The Bertz CT molecular complexity index is 792. The van der Waals surface area contributed by atoms with Gasteiger partial charge >= 0.3 is 5.97 Å². The summed E-state index contributed by atoms with van der Waals surface area (Å²) in [5.74, 6) is -0.743. The second-order valence-corrected chi connectivity index (χ2v) is 6.40. The van der Waals surface area contributed by atoms with Gasteiger partial charge in [0, 0.05) is 16.1 Å². The predicted molar refractivity (Wildman–Crippen MR) is 97.8 cm³/mol. The smallest absolute Gasteiger partial charge is 0.331 e. The predicted octanol–water partition coefficient (Wildman–Crippen LogP) is 2.16. The number of nitrogens with one attached hydrogen (secondary N) is 1. The van der Waals surface area contributed by atoms with Crippen LogP contribution in [0, 0.1) is 0 Å². The number of aromatic hydroxyl groups is 1.